The quantitative estimate of drug-likeness (QED) is 0.606. The Morgan fingerprint density at radius 3 is 1.29 bits per heavy atom. The highest BCUT2D eigenvalue weighted by Crippen LogP contribution is 2.39. The van der Waals surface area contributed by atoms with E-state index in [0.29, 0.717) is 32.1 Å². The van der Waals surface area contributed by atoms with Crippen molar-refractivity contribution in [2.24, 2.45) is 23.7 Å². The predicted octanol–water partition coefficient (Wildman–Crippen LogP) is 0.413. The van der Waals surface area contributed by atoms with Crippen molar-refractivity contribution in [3.8, 4) is 0 Å². The second kappa shape index (κ2) is 4.93. The number of fused-ring (bicyclic) bond motifs is 4. The topological polar surface area (TPSA) is 74.8 Å². The van der Waals surface area contributed by atoms with Crippen LogP contribution in [-0.2, 0) is 19.2 Å². The highest BCUT2D eigenvalue weighted by Gasteiger charge is 2.46. The van der Waals surface area contributed by atoms with Gasteiger partial charge in [0.05, 0.1) is 0 Å². The van der Waals surface area contributed by atoms with Crippen LogP contribution in [-0.4, -0.2) is 47.5 Å². The Morgan fingerprint density at radius 1 is 0.619 bits per heavy atom. The Morgan fingerprint density at radius 2 is 0.905 bits per heavy atom. The highest BCUT2D eigenvalue weighted by atomic mass is 16.2. The zero-order valence-electron chi connectivity index (χ0n) is 12.4. The molecule has 1 aliphatic carbocycles. The number of nitrogens with zero attached hydrogens (tertiary/aromatic N) is 2. The van der Waals surface area contributed by atoms with E-state index in [1.54, 1.807) is 0 Å². The molecule has 0 aromatic heterocycles. The average Bonchev–Trinajstić information content (AvgIpc) is 2.55. The van der Waals surface area contributed by atoms with Crippen molar-refractivity contribution in [1.82, 2.24) is 9.80 Å². The number of imide groups is 2. The van der Waals surface area contributed by atoms with E-state index in [1.165, 1.54) is 23.9 Å². The van der Waals surface area contributed by atoms with Crippen LogP contribution < -0.4 is 0 Å². The summed E-state index contributed by atoms with van der Waals surface area (Å²) in [6, 6.07) is 0. The van der Waals surface area contributed by atoms with Gasteiger partial charge in [-0.3, -0.25) is 29.0 Å². The normalized spacial score (nSPS) is 37.2. The van der Waals surface area contributed by atoms with Gasteiger partial charge >= 0.3 is 0 Å². The van der Waals surface area contributed by atoms with Crippen molar-refractivity contribution in [3.63, 3.8) is 0 Å². The fourth-order valence-corrected chi connectivity index (χ4v) is 4.03. The van der Waals surface area contributed by atoms with E-state index in [0.717, 1.165) is 0 Å². The molecule has 114 valence electrons. The van der Waals surface area contributed by atoms with Crippen molar-refractivity contribution in [3.05, 3.63) is 0 Å². The van der Waals surface area contributed by atoms with Gasteiger partial charge in [0.15, 0.2) is 0 Å². The van der Waals surface area contributed by atoms with Crippen molar-refractivity contribution in [1.29, 1.82) is 0 Å². The van der Waals surface area contributed by atoms with Crippen LogP contribution >= 0.6 is 0 Å². The Bertz CT molecular complexity index is 484. The van der Waals surface area contributed by atoms with Crippen LogP contribution in [0.5, 0.6) is 0 Å². The fraction of sp³-hybridized carbons (Fsp3) is 0.733. The molecule has 0 N–H and O–H groups in total. The van der Waals surface area contributed by atoms with Crippen LogP contribution in [0.4, 0.5) is 0 Å². The van der Waals surface area contributed by atoms with Gasteiger partial charge in [0, 0.05) is 37.8 Å². The number of hydrogen-bond acceptors (Lipinski definition) is 4. The summed E-state index contributed by atoms with van der Waals surface area (Å²) in [5, 5.41) is 0. The highest BCUT2D eigenvalue weighted by molar-refractivity contribution is 6.02. The predicted molar refractivity (Wildman–Crippen MR) is 72.6 cm³/mol. The van der Waals surface area contributed by atoms with Crippen molar-refractivity contribution < 1.29 is 19.2 Å². The van der Waals surface area contributed by atoms with Crippen LogP contribution in [0.3, 0.4) is 0 Å². The summed E-state index contributed by atoms with van der Waals surface area (Å²) >= 11 is 0. The van der Waals surface area contributed by atoms with Crippen molar-refractivity contribution in [2.75, 3.05) is 14.1 Å². The van der Waals surface area contributed by atoms with Crippen LogP contribution in [0.25, 0.3) is 0 Å². The Labute approximate surface area is 123 Å². The molecule has 6 nitrogen and oxygen atoms in total. The molecule has 4 unspecified atom stereocenters. The average molecular weight is 292 g/mol. The Kier molecular flexibility index (Phi) is 3.34. The first-order valence-corrected chi connectivity index (χ1v) is 7.53. The van der Waals surface area contributed by atoms with E-state index in [9.17, 15) is 19.2 Å². The van der Waals surface area contributed by atoms with Gasteiger partial charge in [-0.1, -0.05) is 0 Å². The first kappa shape index (κ1) is 14.2. The zero-order chi connectivity index (χ0) is 15.3. The van der Waals surface area contributed by atoms with Gasteiger partial charge in [-0.15, -0.1) is 0 Å². The molecular formula is C15H20N2O4. The molecule has 3 rings (SSSR count). The SMILES string of the molecule is CN1C(=O)C2CCC3CC(CC(C2)C1=O)C(=O)N(C)C3=O. The molecule has 4 bridgehead atoms. The molecule has 0 spiro atoms. The zero-order valence-corrected chi connectivity index (χ0v) is 12.4. The van der Waals surface area contributed by atoms with E-state index < -0.39 is 0 Å². The van der Waals surface area contributed by atoms with Crippen molar-refractivity contribution in [2.45, 2.75) is 32.1 Å². The minimum absolute atomic E-state index is 0.139. The summed E-state index contributed by atoms with van der Waals surface area (Å²) in [4.78, 5) is 51.3. The maximum Gasteiger partial charge on any atom is 0.232 e. The molecule has 6 heteroatoms. The Balaban J connectivity index is 1.93. The molecule has 3 fully saturated rings. The molecule has 21 heavy (non-hydrogen) atoms. The largest absolute Gasteiger partial charge is 0.285 e. The second-order valence-electron chi connectivity index (χ2n) is 6.54. The third-order valence-electron chi connectivity index (χ3n) is 5.29. The minimum Gasteiger partial charge on any atom is -0.285 e. The third kappa shape index (κ3) is 2.17. The molecule has 3 aliphatic rings. The number of carbonyl (C=O) groups excluding carboxylic acids is 4. The number of carbonyl (C=O) groups is 4. The molecule has 2 saturated heterocycles. The monoisotopic (exact) mass is 292 g/mol. The van der Waals surface area contributed by atoms with E-state index in [1.807, 2.05) is 0 Å². The van der Waals surface area contributed by atoms with Crippen LogP contribution in [0.15, 0.2) is 0 Å². The van der Waals surface area contributed by atoms with Crippen LogP contribution in [0.2, 0.25) is 0 Å². The molecule has 4 amide bonds. The molecule has 4 atom stereocenters. The van der Waals surface area contributed by atoms with Crippen LogP contribution in [0.1, 0.15) is 32.1 Å². The summed E-state index contributed by atoms with van der Waals surface area (Å²) < 4.78 is 0. The molecule has 2 aliphatic heterocycles. The molecule has 0 aromatic carbocycles. The maximum absolute atomic E-state index is 12.3. The van der Waals surface area contributed by atoms with Crippen molar-refractivity contribution >= 4 is 23.6 Å². The van der Waals surface area contributed by atoms with Gasteiger partial charge < -0.3 is 0 Å². The number of hydrogen-bond donors (Lipinski definition) is 0. The van der Waals surface area contributed by atoms with Gasteiger partial charge in [-0.25, -0.2) is 0 Å². The summed E-state index contributed by atoms with van der Waals surface area (Å²) in [5.41, 5.74) is 0. The van der Waals surface area contributed by atoms with Gasteiger partial charge in [0.25, 0.3) is 0 Å². The lowest BCUT2D eigenvalue weighted by molar-refractivity contribution is -0.155. The van der Waals surface area contributed by atoms with Gasteiger partial charge in [-0.2, -0.15) is 0 Å². The summed E-state index contributed by atoms with van der Waals surface area (Å²) in [5.74, 6) is -1.56. The third-order valence-corrected chi connectivity index (χ3v) is 5.29. The van der Waals surface area contributed by atoms with Crippen LogP contribution in [0, 0.1) is 23.7 Å². The number of piperidine rings is 2. The standard InChI is InChI=1S/C15H20N2O4/c1-16-12(18)8-3-4-9-6-11(7-10(5-8)14(16)20)15(21)17(2)13(9)19/h8-11H,3-7H2,1-2H3. The van der Waals surface area contributed by atoms with Gasteiger partial charge in [0.1, 0.15) is 0 Å². The molecule has 1 saturated carbocycles. The smallest absolute Gasteiger partial charge is 0.232 e. The van der Waals surface area contributed by atoms with E-state index in [2.05, 4.69) is 0 Å². The van der Waals surface area contributed by atoms with E-state index in [4.69, 9.17) is 0 Å². The molecule has 2 heterocycles. The molecular weight excluding hydrogens is 272 g/mol. The lowest BCUT2D eigenvalue weighted by atomic mass is 9.80. The first-order chi connectivity index (χ1) is 9.90. The Hall–Kier alpha value is -1.72. The molecule has 0 aromatic rings. The maximum atomic E-state index is 12.3. The first-order valence-electron chi connectivity index (χ1n) is 7.53. The summed E-state index contributed by atoms with van der Waals surface area (Å²) in [6.45, 7) is 0. The fourth-order valence-electron chi connectivity index (χ4n) is 4.03. The lowest BCUT2D eigenvalue weighted by Crippen LogP contribution is -2.49. The van der Waals surface area contributed by atoms with Gasteiger partial charge in [-0.05, 0) is 32.1 Å². The second-order valence-corrected chi connectivity index (χ2v) is 6.54. The molecule has 0 radical (unpaired) electrons. The van der Waals surface area contributed by atoms with Gasteiger partial charge in [0.2, 0.25) is 23.6 Å². The lowest BCUT2D eigenvalue weighted by Gasteiger charge is -2.35. The minimum atomic E-state index is -0.271. The van der Waals surface area contributed by atoms with E-state index >= 15 is 0 Å². The number of likely N-dealkylation sites (tertiary alicyclic amines) is 2. The number of amides is 4. The number of rotatable bonds is 0. The summed E-state index contributed by atoms with van der Waals surface area (Å²) in [6.07, 6.45) is 2.75. The van der Waals surface area contributed by atoms with E-state index in [-0.39, 0.29) is 47.3 Å². The summed E-state index contributed by atoms with van der Waals surface area (Å²) in [7, 11) is 3.04.